The Morgan fingerprint density at radius 2 is 1.23 bits per heavy atom. The monoisotopic (exact) mass is 518 g/mol. The molecule has 0 amide bonds. The Morgan fingerprint density at radius 1 is 0.650 bits per heavy atom. The highest BCUT2D eigenvalue weighted by molar-refractivity contribution is 6.24. The average molecular weight is 519 g/mol. The van der Waals surface area contributed by atoms with Crippen LogP contribution >= 0.6 is 0 Å². The van der Waals surface area contributed by atoms with Gasteiger partial charge in [-0.1, -0.05) is 60.7 Å². The summed E-state index contributed by atoms with van der Waals surface area (Å²) < 4.78 is 0. The molecule has 6 nitrogen and oxygen atoms in total. The van der Waals surface area contributed by atoms with Crippen LogP contribution in [0.1, 0.15) is 27.6 Å². The molecule has 0 unspecified atom stereocenters. The zero-order valence-corrected chi connectivity index (χ0v) is 21.6. The Bertz CT molecular complexity index is 2170. The number of anilines is 2. The second-order valence-electron chi connectivity index (χ2n) is 10.0. The fourth-order valence-corrected chi connectivity index (χ4v) is 6.15. The second kappa shape index (κ2) is 8.32. The number of carbonyl (C=O) groups is 2. The molecule has 0 saturated carbocycles. The molecule has 190 valence electrons. The van der Waals surface area contributed by atoms with Gasteiger partial charge in [0.15, 0.2) is 0 Å². The smallest absolute Gasteiger partial charge is 0.213 e. The molecule has 0 radical (unpaired) electrons. The Labute approximate surface area is 229 Å². The van der Waals surface area contributed by atoms with E-state index in [1.54, 1.807) is 0 Å². The van der Waals surface area contributed by atoms with E-state index >= 15 is 0 Å². The number of likely N-dealkylation sites (N-methyl/N-ethyl adjacent to an activating group) is 1. The van der Waals surface area contributed by atoms with Crippen LogP contribution in [0.3, 0.4) is 0 Å². The van der Waals surface area contributed by atoms with E-state index < -0.39 is 0 Å². The number of allylic oxidation sites excluding steroid dienone is 4. The van der Waals surface area contributed by atoms with Gasteiger partial charge in [-0.15, -0.1) is 0 Å². The van der Waals surface area contributed by atoms with Crippen LogP contribution in [0.25, 0.3) is 11.1 Å². The number of carbonyl (C=O) groups excluding carboxylic acids is 2. The van der Waals surface area contributed by atoms with E-state index in [4.69, 9.17) is 9.98 Å². The molecule has 8 rings (SSSR count). The van der Waals surface area contributed by atoms with Crippen molar-refractivity contribution in [2.75, 3.05) is 16.8 Å². The van der Waals surface area contributed by atoms with Gasteiger partial charge in [0.1, 0.15) is 17.1 Å². The van der Waals surface area contributed by atoms with E-state index in [1.165, 1.54) is 0 Å². The normalized spacial score (nSPS) is 20.2. The zero-order chi connectivity index (χ0) is 27.0. The van der Waals surface area contributed by atoms with Crippen molar-refractivity contribution in [3.63, 3.8) is 0 Å². The van der Waals surface area contributed by atoms with Gasteiger partial charge in [-0.25, -0.2) is 9.98 Å². The van der Waals surface area contributed by atoms with E-state index in [1.807, 2.05) is 109 Å². The third-order valence-corrected chi connectivity index (χ3v) is 7.90. The van der Waals surface area contributed by atoms with Gasteiger partial charge in [-0.3, -0.25) is 9.59 Å². The molecule has 4 aromatic rings. The molecule has 0 aliphatic carbocycles. The number of benzene rings is 4. The van der Waals surface area contributed by atoms with E-state index in [-0.39, 0.29) is 11.6 Å². The fraction of sp³-hybridized carbons (Fsp3) is 0.0588. The van der Waals surface area contributed by atoms with Crippen LogP contribution in [0, 0.1) is 0 Å². The first-order valence-corrected chi connectivity index (χ1v) is 13.3. The minimum atomic E-state index is -0.0998. The number of ketones is 2. The minimum Gasteiger partial charge on any atom is -0.350 e. The molecule has 6 heteroatoms. The van der Waals surface area contributed by atoms with Crippen LogP contribution < -0.4 is 31.4 Å². The van der Waals surface area contributed by atoms with Crippen LogP contribution in [0.4, 0.5) is 11.4 Å². The SMILES string of the molecule is CCN1/C(=C2\N=c3ccccc3=C2C2=c3ccccc3=N/C2=C2/Nc3ccccc3C2=O)C(=O)c2ccccc21. The molecular weight excluding hydrogens is 496 g/mol. The number of fused-ring (bicyclic) bond motifs is 4. The molecule has 0 aromatic heterocycles. The Kier molecular flexibility index (Phi) is 4.70. The van der Waals surface area contributed by atoms with Gasteiger partial charge < -0.3 is 10.2 Å². The van der Waals surface area contributed by atoms with Crippen molar-refractivity contribution < 1.29 is 9.59 Å². The third-order valence-electron chi connectivity index (χ3n) is 7.90. The molecule has 40 heavy (non-hydrogen) atoms. The first-order chi connectivity index (χ1) is 19.7. The lowest BCUT2D eigenvalue weighted by Gasteiger charge is -2.21. The molecule has 4 aliphatic rings. The number of Topliss-reactive ketones (excluding diaryl/α,β-unsaturated/α-hetero) is 2. The predicted molar refractivity (Wildman–Crippen MR) is 154 cm³/mol. The van der Waals surface area contributed by atoms with E-state index in [2.05, 4.69) is 5.32 Å². The van der Waals surface area contributed by atoms with Crippen molar-refractivity contribution in [3.8, 4) is 0 Å². The number of rotatable bonds is 2. The first kappa shape index (κ1) is 22.6. The first-order valence-electron chi connectivity index (χ1n) is 13.3. The summed E-state index contributed by atoms with van der Waals surface area (Å²) in [7, 11) is 0. The average Bonchev–Trinajstić information content (AvgIpc) is 3.72. The Morgan fingerprint density at radius 3 is 1.93 bits per heavy atom. The van der Waals surface area contributed by atoms with Gasteiger partial charge in [0.2, 0.25) is 11.6 Å². The molecule has 4 aromatic carbocycles. The van der Waals surface area contributed by atoms with Crippen LogP contribution in [0.5, 0.6) is 0 Å². The number of nitrogens with zero attached hydrogens (tertiary/aromatic N) is 3. The van der Waals surface area contributed by atoms with Gasteiger partial charge in [-0.05, 0) is 43.3 Å². The molecule has 4 heterocycles. The fourth-order valence-electron chi connectivity index (χ4n) is 6.15. The zero-order valence-electron chi connectivity index (χ0n) is 21.6. The highest BCUT2D eigenvalue weighted by atomic mass is 16.1. The molecular formula is C34H22N4O2. The third kappa shape index (κ3) is 2.98. The van der Waals surface area contributed by atoms with E-state index in [0.717, 1.165) is 43.7 Å². The van der Waals surface area contributed by atoms with Crippen LogP contribution in [0.15, 0.2) is 130 Å². The lowest BCUT2D eigenvalue weighted by molar-refractivity contribution is 0.103. The summed E-state index contributed by atoms with van der Waals surface area (Å²) in [6, 6.07) is 31.0. The van der Waals surface area contributed by atoms with Gasteiger partial charge >= 0.3 is 0 Å². The molecule has 0 bridgehead atoms. The van der Waals surface area contributed by atoms with E-state index in [9.17, 15) is 9.59 Å². The lowest BCUT2D eigenvalue weighted by Crippen LogP contribution is -2.27. The molecule has 0 spiro atoms. The molecule has 0 fully saturated rings. The number of hydrogen-bond acceptors (Lipinski definition) is 6. The summed E-state index contributed by atoms with van der Waals surface area (Å²) in [5.74, 6) is -0.154. The molecule has 0 atom stereocenters. The standard InChI is InChI=1S/C34H22N4O2/c1-2-38-26-18-10-6-14-22(26)34(40)32(38)30-28(20-12-4-8-16-24(20)36-30)27-19-11-3-7-15-23(19)35-29(27)31-33(39)21-13-5-9-17-25(21)37-31/h3-18,37H,2H2,1H3/b31-29+,32-30-. The summed E-state index contributed by atoms with van der Waals surface area (Å²) in [6.45, 7) is 2.65. The van der Waals surface area contributed by atoms with Crippen molar-refractivity contribution in [1.29, 1.82) is 0 Å². The van der Waals surface area contributed by atoms with Crippen LogP contribution in [-0.4, -0.2) is 18.1 Å². The van der Waals surface area contributed by atoms with Crippen molar-refractivity contribution in [2.24, 2.45) is 9.98 Å². The van der Waals surface area contributed by atoms with Crippen LogP contribution in [-0.2, 0) is 0 Å². The summed E-state index contributed by atoms with van der Waals surface area (Å²) in [5, 5.41) is 6.72. The van der Waals surface area contributed by atoms with Crippen molar-refractivity contribution in [2.45, 2.75) is 6.92 Å². The maximum Gasteiger partial charge on any atom is 0.213 e. The molecule has 1 N–H and O–H groups in total. The highest BCUT2D eigenvalue weighted by Gasteiger charge is 2.38. The summed E-state index contributed by atoms with van der Waals surface area (Å²) in [6.07, 6.45) is 0. The Balaban J connectivity index is 1.47. The van der Waals surface area contributed by atoms with Gasteiger partial charge in [-0.2, -0.15) is 0 Å². The number of nitrogens with one attached hydrogen (secondary N) is 1. The van der Waals surface area contributed by atoms with Crippen molar-refractivity contribution >= 4 is 34.1 Å². The maximum atomic E-state index is 14.0. The largest absolute Gasteiger partial charge is 0.350 e. The van der Waals surface area contributed by atoms with Crippen molar-refractivity contribution in [1.82, 2.24) is 0 Å². The van der Waals surface area contributed by atoms with Gasteiger partial charge in [0, 0.05) is 44.9 Å². The van der Waals surface area contributed by atoms with Crippen LogP contribution in [0.2, 0.25) is 0 Å². The predicted octanol–water partition coefficient (Wildman–Crippen LogP) is 3.41. The number of hydrogen-bond donors (Lipinski definition) is 1. The highest BCUT2D eigenvalue weighted by Crippen LogP contribution is 2.42. The van der Waals surface area contributed by atoms with Crippen molar-refractivity contribution in [3.05, 3.63) is 152 Å². The number of para-hydroxylation sites is 4. The van der Waals surface area contributed by atoms with E-state index in [0.29, 0.717) is 40.5 Å². The molecule has 4 aliphatic heterocycles. The Hall–Kier alpha value is -5.36. The summed E-state index contributed by atoms with van der Waals surface area (Å²) in [5.41, 5.74) is 6.69. The quantitative estimate of drug-likeness (QED) is 0.413. The summed E-state index contributed by atoms with van der Waals surface area (Å²) in [4.78, 5) is 39.8. The second-order valence-corrected chi connectivity index (χ2v) is 10.0. The lowest BCUT2D eigenvalue weighted by atomic mass is 9.94. The topological polar surface area (TPSA) is 74.1 Å². The van der Waals surface area contributed by atoms with Gasteiger partial charge in [0.25, 0.3) is 0 Å². The van der Waals surface area contributed by atoms with Gasteiger partial charge in [0.05, 0.1) is 22.1 Å². The summed E-state index contributed by atoms with van der Waals surface area (Å²) >= 11 is 0. The minimum absolute atomic E-state index is 0.0537. The molecule has 0 saturated heterocycles. The maximum absolute atomic E-state index is 14.0.